The number of nitrogen functional groups attached to an aromatic ring is 1. The quantitative estimate of drug-likeness (QED) is 0.700. The molecule has 0 spiro atoms. The van der Waals surface area contributed by atoms with E-state index in [1.165, 1.54) is 6.33 Å². The molecule has 2 aromatic heterocycles. The average molecular weight is 331 g/mol. The number of aromatic nitrogens is 3. The average Bonchev–Trinajstić information content (AvgIpc) is 3.28. The number of benzene rings is 1. The highest BCUT2D eigenvalue weighted by Crippen LogP contribution is 2.30. The summed E-state index contributed by atoms with van der Waals surface area (Å²) < 4.78 is 1.89. The molecular formula is C19H17N5O. The van der Waals surface area contributed by atoms with Gasteiger partial charge in [0.05, 0.1) is 10.9 Å². The van der Waals surface area contributed by atoms with Crippen molar-refractivity contribution in [3.05, 3.63) is 54.0 Å². The molecular weight excluding hydrogens is 314 g/mol. The second kappa shape index (κ2) is 5.95. The molecule has 6 nitrogen and oxygen atoms in total. The Morgan fingerprint density at radius 3 is 2.92 bits per heavy atom. The van der Waals surface area contributed by atoms with E-state index >= 15 is 0 Å². The van der Waals surface area contributed by atoms with Gasteiger partial charge in [-0.25, -0.2) is 9.97 Å². The Labute approximate surface area is 145 Å². The third-order valence-corrected chi connectivity index (χ3v) is 4.32. The Balaban J connectivity index is 1.48. The fourth-order valence-electron chi connectivity index (χ4n) is 2.86. The van der Waals surface area contributed by atoms with Crippen molar-refractivity contribution in [3.8, 4) is 11.8 Å². The van der Waals surface area contributed by atoms with Crippen molar-refractivity contribution in [3.63, 3.8) is 0 Å². The van der Waals surface area contributed by atoms with E-state index in [4.69, 9.17) is 5.73 Å². The fraction of sp³-hybridized carbons (Fsp3) is 0.211. The molecule has 0 aliphatic heterocycles. The molecule has 3 N–H and O–H groups in total. The number of aryl methyl sites for hydroxylation is 1. The van der Waals surface area contributed by atoms with Crippen LogP contribution in [0.25, 0.3) is 11.0 Å². The van der Waals surface area contributed by atoms with Gasteiger partial charge in [0.25, 0.3) is 5.91 Å². The van der Waals surface area contributed by atoms with Crippen LogP contribution in [0.5, 0.6) is 0 Å². The van der Waals surface area contributed by atoms with Gasteiger partial charge in [-0.2, -0.15) is 0 Å². The third-order valence-electron chi connectivity index (χ3n) is 4.32. The van der Waals surface area contributed by atoms with Gasteiger partial charge in [-0.1, -0.05) is 30.0 Å². The van der Waals surface area contributed by atoms with Gasteiger partial charge in [0.2, 0.25) is 0 Å². The molecule has 1 fully saturated rings. The summed E-state index contributed by atoms with van der Waals surface area (Å²) in [7, 11) is 1.90. The summed E-state index contributed by atoms with van der Waals surface area (Å²) in [5, 5.41) is 3.79. The molecule has 6 heteroatoms. The molecule has 2 unspecified atom stereocenters. The Bertz CT molecular complexity index is 1010. The lowest BCUT2D eigenvalue weighted by Crippen LogP contribution is -2.26. The Hall–Kier alpha value is -3.33. The zero-order valence-corrected chi connectivity index (χ0v) is 13.7. The summed E-state index contributed by atoms with van der Waals surface area (Å²) in [6.45, 7) is 0. The van der Waals surface area contributed by atoms with E-state index in [1.54, 1.807) is 12.1 Å². The lowest BCUT2D eigenvalue weighted by molar-refractivity contribution is 0.0950. The number of rotatable bonds is 2. The Morgan fingerprint density at radius 2 is 2.12 bits per heavy atom. The van der Waals surface area contributed by atoms with Gasteiger partial charge >= 0.3 is 0 Å². The molecule has 25 heavy (non-hydrogen) atoms. The lowest BCUT2D eigenvalue weighted by atomic mass is 10.2. The van der Waals surface area contributed by atoms with Crippen LogP contribution in [0, 0.1) is 17.8 Å². The van der Waals surface area contributed by atoms with Crippen LogP contribution < -0.4 is 11.1 Å². The maximum atomic E-state index is 12.1. The van der Waals surface area contributed by atoms with Gasteiger partial charge in [-0.05, 0) is 18.6 Å². The molecule has 4 rings (SSSR count). The molecule has 3 aromatic rings. The number of carbonyl (C=O) groups is 1. The minimum absolute atomic E-state index is 0.0577. The minimum atomic E-state index is -0.0577. The van der Waals surface area contributed by atoms with E-state index in [2.05, 4.69) is 27.1 Å². The summed E-state index contributed by atoms with van der Waals surface area (Å²) >= 11 is 0. The number of hydrogen-bond donors (Lipinski definition) is 2. The molecule has 1 aromatic carbocycles. The van der Waals surface area contributed by atoms with Gasteiger partial charge in [-0.15, -0.1) is 0 Å². The molecule has 2 heterocycles. The van der Waals surface area contributed by atoms with Crippen LogP contribution in [0.15, 0.2) is 42.9 Å². The normalized spacial score (nSPS) is 18.4. The molecule has 1 saturated carbocycles. The van der Waals surface area contributed by atoms with Crippen LogP contribution in [-0.2, 0) is 7.05 Å². The first kappa shape index (κ1) is 15.2. The number of carbonyl (C=O) groups excluding carboxylic acids is 1. The largest absolute Gasteiger partial charge is 0.383 e. The van der Waals surface area contributed by atoms with Crippen molar-refractivity contribution in [1.29, 1.82) is 0 Å². The van der Waals surface area contributed by atoms with Crippen molar-refractivity contribution >= 4 is 22.8 Å². The van der Waals surface area contributed by atoms with Gasteiger partial charge in [-0.3, -0.25) is 4.79 Å². The maximum Gasteiger partial charge on any atom is 0.251 e. The third kappa shape index (κ3) is 2.92. The second-order valence-corrected chi connectivity index (χ2v) is 6.17. The standard InChI is InChI=1S/C19H17N5O/c1-24-10-14(16-17(20)21-11-22-18(16)24)8-7-13-9-15(13)23-19(25)12-5-3-2-4-6-12/h2-6,10-11,13,15H,9H2,1H3,(H,23,25)(H2,20,21,22). The number of nitrogens with one attached hydrogen (secondary N) is 1. The first-order valence-electron chi connectivity index (χ1n) is 8.06. The first-order valence-corrected chi connectivity index (χ1v) is 8.06. The molecule has 2 atom stereocenters. The summed E-state index contributed by atoms with van der Waals surface area (Å²) in [6, 6.07) is 9.30. The number of nitrogens with zero attached hydrogens (tertiary/aromatic N) is 3. The summed E-state index contributed by atoms with van der Waals surface area (Å²) in [5.41, 5.74) is 8.21. The number of hydrogen-bond acceptors (Lipinski definition) is 4. The van der Waals surface area contributed by atoms with E-state index < -0.39 is 0 Å². The van der Waals surface area contributed by atoms with Crippen LogP contribution >= 0.6 is 0 Å². The van der Waals surface area contributed by atoms with Crippen molar-refractivity contribution < 1.29 is 4.79 Å². The number of nitrogens with two attached hydrogens (primary N) is 1. The monoisotopic (exact) mass is 331 g/mol. The van der Waals surface area contributed by atoms with Gasteiger partial charge in [0.1, 0.15) is 17.8 Å². The number of amides is 1. The summed E-state index contributed by atoms with van der Waals surface area (Å²) in [4.78, 5) is 20.4. The van der Waals surface area contributed by atoms with Crippen LogP contribution in [0.1, 0.15) is 22.3 Å². The van der Waals surface area contributed by atoms with Crippen LogP contribution in [0.3, 0.4) is 0 Å². The van der Waals surface area contributed by atoms with Gasteiger partial charge < -0.3 is 15.6 Å². The van der Waals surface area contributed by atoms with Crippen molar-refractivity contribution in [2.45, 2.75) is 12.5 Å². The smallest absolute Gasteiger partial charge is 0.251 e. The highest BCUT2D eigenvalue weighted by atomic mass is 16.1. The predicted octanol–water partition coefficient (Wildman–Crippen LogP) is 1.72. The molecule has 0 radical (unpaired) electrons. The van der Waals surface area contributed by atoms with E-state index in [0.717, 1.165) is 23.0 Å². The molecule has 0 bridgehead atoms. The SMILES string of the molecule is Cn1cc(C#CC2CC2NC(=O)c2ccccc2)c2c(N)ncnc21. The predicted molar refractivity (Wildman–Crippen MR) is 95.6 cm³/mol. The van der Waals surface area contributed by atoms with E-state index in [1.807, 2.05) is 36.0 Å². The van der Waals surface area contributed by atoms with Crippen molar-refractivity contribution in [1.82, 2.24) is 19.9 Å². The fourth-order valence-corrected chi connectivity index (χ4v) is 2.86. The minimum Gasteiger partial charge on any atom is -0.383 e. The second-order valence-electron chi connectivity index (χ2n) is 6.17. The van der Waals surface area contributed by atoms with E-state index in [-0.39, 0.29) is 17.9 Å². The van der Waals surface area contributed by atoms with Crippen molar-refractivity contribution in [2.24, 2.45) is 13.0 Å². The summed E-state index contributed by atoms with van der Waals surface area (Å²) in [5.74, 6) is 6.93. The zero-order chi connectivity index (χ0) is 17.4. The van der Waals surface area contributed by atoms with Gasteiger partial charge in [0, 0.05) is 30.8 Å². The highest BCUT2D eigenvalue weighted by molar-refractivity contribution is 5.94. The molecule has 124 valence electrons. The molecule has 1 aliphatic carbocycles. The number of anilines is 1. The van der Waals surface area contributed by atoms with Crippen molar-refractivity contribution in [2.75, 3.05) is 5.73 Å². The van der Waals surface area contributed by atoms with Crippen LogP contribution in [-0.4, -0.2) is 26.5 Å². The topological polar surface area (TPSA) is 85.8 Å². The first-order chi connectivity index (χ1) is 12.1. The summed E-state index contributed by atoms with van der Waals surface area (Å²) in [6.07, 6.45) is 4.22. The Kier molecular flexibility index (Phi) is 3.62. The van der Waals surface area contributed by atoms with E-state index in [9.17, 15) is 4.79 Å². The van der Waals surface area contributed by atoms with E-state index in [0.29, 0.717) is 11.4 Å². The molecule has 1 amide bonds. The Morgan fingerprint density at radius 1 is 1.32 bits per heavy atom. The molecule has 1 aliphatic rings. The van der Waals surface area contributed by atoms with Gasteiger partial charge in [0.15, 0.2) is 0 Å². The molecule has 0 saturated heterocycles. The van der Waals surface area contributed by atoms with Crippen LogP contribution in [0.2, 0.25) is 0 Å². The number of fused-ring (bicyclic) bond motifs is 1. The zero-order valence-electron chi connectivity index (χ0n) is 13.7. The highest BCUT2D eigenvalue weighted by Gasteiger charge is 2.37. The maximum absolute atomic E-state index is 12.1. The van der Waals surface area contributed by atoms with Crippen LogP contribution in [0.4, 0.5) is 5.82 Å². The lowest BCUT2D eigenvalue weighted by Gasteiger charge is -2.02.